The van der Waals surface area contributed by atoms with Crippen molar-refractivity contribution in [3.63, 3.8) is 0 Å². The third kappa shape index (κ3) is 3.45. The predicted octanol–water partition coefficient (Wildman–Crippen LogP) is 1.39. The second-order valence-corrected chi connectivity index (χ2v) is 8.74. The van der Waals surface area contributed by atoms with E-state index in [1.165, 1.54) is 18.2 Å². The normalized spacial score (nSPS) is 24.2. The summed E-state index contributed by atoms with van der Waals surface area (Å²) >= 11 is 0. The predicted molar refractivity (Wildman–Crippen MR) is 100 cm³/mol. The van der Waals surface area contributed by atoms with Gasteiger partial charge in [-0.05, 0) is 57.5 Å². The molecule has 1 saturated heterocycles. The average Bonchev–Trinajstić information content (AvgIpc) is 2.75. The Hall–Kier alpha value is -1.64. The monoisotopic (exact) mass is 401 g/mol. The molecule has 26 heavy (non-hydrogen) atoms. The van der Waals surface area contributed by atoms with E-state index in [0.29, 0.717) is 5.92 Å². The van der Waals surface area contributed by atoms with Crippen LogP contribution in [0.15, 0.2) is 23.1 Å². The number of fused-ring (bicyclic) bond motifs is 1. The van der Waals surface area contributed by atoms with Gasteiger partial charge in [0.25, 0.3) is 21.8 Å². The summed E-state index contributed by atoms with van der Waals surface area (Å²) in [6.07, 6.45) is 0.829. The maximum Gasteiger partial charge on any atom is 0.269 e. The van der Waals surface area contributed by atoms with Crippen LogP contribution in [0.1, 0.15) is 47.9 Å². The molecule has 2 heterocycles. The molecule has 3 rings (SSSR count). The van der Waals surface area contributed by atoms with E-state index in [9.17, 15) is 18.0 Å². The van der Waals surface area contributed by atoms with Gasteiger partial charge in [-0.2, -0.15) is 0 Å². The lowest BCUT2D eigenvalue weighted by atomic mass is 9.95. The summed E-state index contributed by atoms with van der Waals surface area (Å²) in [5.41, 5.74) is 0.381. The third-order valence-corrected chi connectivity index (χ3v) is 6.78. The van der Waals surface area contributed by atoms with E-state index in [1.807, 2.05) is 0 Å². The fraction of sp³-hybridized carbons (Fsp3) is 0.529. The molecule has 9 heteroatoms. The fourth-order valence-corrected chi connectivity index (χ4v) is 5.17. The number of benzene rings is 1. The fourth-order valence-electron chi connectivity index (χ4n) is 3.38. The Morgan fingerprint density at radius 1 is 1.35 bits per heavy atom. The smallest absolute Gasteiger partial charge is 0.269 e. The van der Waals surface area contributed by atoms with Crippen LogP contribution in [-0.4, -0.2) is 49.7 Å². The number of hydrogen-bond donors (Lipinski definition) is 2. The number of sulfonamides is 1. The second-order valence-electron chi connectivity index (χ2n) is 6.96. The van der Waals surface area contributed by atoms with E-state index in [4.69, 9.17) is 0 Å². The molecule has 1 aromatic carbocycles. The van der Waals surface area contributed by atoms with Gasteiger partial charge in [-0.3, -0.25) is 9.59 Å². The molecule has 7 nitrogen and oxygen atoms in total. The lowest BCUT2D eigenvalue weighted by molar-refractivity contribution is 0.0844. The Morgan fingerprint density at radius 3 is 2.65 bits per heavy atom. The number of nitrogens with zero attached hydrogens (tertiary/aromatic N) is 1. The molecule has 0 aromatic heterocycles. The number of carbonyl (C=O) groups is 2. The maximum absolute atomic E-state index is 12.6. The molecule has 0 bridgehead atoms. The van der Waals surface area contributed by atoms with Crippen LogP contribution >= 0.6 is 12.4 Å². The van der Waals surface area contributed by atoms with Crippen LogP contribution in [0.2, 0.25) is 0 Å². The lowest BCUT2D eigenvalue weighted by Gasteiger charge is -2.30. The van der Waals surface area contributed by atoms with Crippen LogP contribution in [0.5, 0.6) is 0 Å². The van der Waals surface area contributed by atoms with Gasteiger partial charge in [0, 0.05) is 17.6 Å². The summed E-state index contributed by atoms with van der Waals surface area (Å²) in [4.78, 5) is 24.8. The van der Waals surface area contributed by atoms with Crippen molar-refractivity contribution in [3.8, 4) is 0 Å². The van der Waals surface area contributed by atoms with Crippen molar-refractivity contribution in [2.24, 2.45) is 5.92 Å². The zero-order valence-electron chi connectivity index (χ0n) is 15.0. The third-order valence-electron chi connectivity index (χ3n) is 4.78. The molecule has 2 aliphatic rings. The molecule has 2 N–H and O–H groups in total. The number of halogens is 1. The molecular formula is C17H24ClN3O4S. The van der Waals surface area contributed by atoms with Gasteiger partial charge in [-0.15, -0.1) is 12.4 Å². The van der Waals surface area contributed by atoms with Gasteiger partial charge in [-0.1, -0.05) is 6.92 Å². The van der Waals surface area contributed by atoms with Crippen molar-refractivity contribution in [3.05, 3.63) is 29.3 Å². The number of rotatable bonds is 3. The minimum Gasteiger partial charge on any atom is -0.349 e. The number of amides is 2. The average molecular weight is 402 g/mol. The van der Waals surface area contributed by atoms with Gasteiger partial charge in [0.05, 0.1) is 5.56 Å². The van der Waals surface area contributed by atoms with E-state index in [1.54, 1.807) is 13.8 Å². The van der Waals surface area contributed by atoms with Crippen molar-refractivity contribution in [2.75, 3.05) is 13.1 Å². The van der Waals surface area contributed by atoms with Crippen molar-refractivity contribution in [1.29, 1.82) is 0 Å². The Bertz CT molecular complexity index is 825. The molecule has 2 unspecified atom stereocenters. The minimum atomic E-state index is -3.90. The highest BCUT2D eigenvalue weighted by molar-refractivity contribution is 7.90. The quantitative estimate of drug-likeness (QED) is 0.797. The molecule has 2 aliphatic heterocycles. The number of carbonyl (C=O) groups excluding carboxylic acids is 2. The second kappa shape index (κ2) is 7.54. The molecule has 1 aromatic rings. The van der Waals surface area contributed by atoms with Gasteiger partial charge in [0.15, 0.2) is 0 Å². The van der Waals surface area contributed by atoms with Gasteiger partial charge in [0.1, 0.15) is 4.90 Å². The van der Waals surface area contributed by atoms with E-state index >= 15 is 0 Å². The van der Waals surface area contributed by atoms with Crippen LogP contribution in [0.4, 0.5) is 0 Å². The van der Waals surface area contributed by atoms with Gasteiger partial charge in [0.2, 0.25) is 0 Å². The lowest BCUT2D eigenvalue weighted by Crippen LogP contribution is -2.48. The van der Waals surface area contributed by atoms with Crippen LogP contribution in [0.25, 0.3) is 0 Å². The molecule has 0 spiro atoms. The Morgan fingerprint density at radius 2 is 2.04 bits per heavy atom. The van der Waals surface area contributed by atoms with E-state index < -0.39 is 22.0 Å². The van der Waals surface area contributed by atoms with Crippen molar-refractivity contribution in [1.82, 2.24) is 14.9 Å². The molecule has 1 fully saturated rings. The Balaban J connectivity index is 0.00000243. The molecule has 0 radical (unpaired) electrons. The molecule has 0 saturated carbocycles. The van der Waals surface area contributed by atoms with E-state index in [0.717, 1.165) is 23.8 Å². The largest absolute Gasteiger partial charge is 0.349 e. The summed E-state index contributed by atoms with van der Waals surface area (Å²) in [5, 5.41) is 6.25. The Labute approximate surface area is 160 Å². The SMILES string of the molecule is CC1CNCCC1NC(=O)c1ccc2c(c1)S(=O)(=O)N(C(C)C)C2=O.Cl. The Kier molecular flexibility index (Phi) is 5.99. The first-order valence-corrected chi connectivity index (χ1v) is 9.92. The van der Waals surface area contributed by atoms with E-state index in [2.05, 4.69) is 17.6 Å². The summed E-state index contributed by atoms with van der Waals surface area (Å²) in [6, 6.07) is 3.83. The molecule has 0 aliphatic carbocycles. The van der Waals surface area contributed by atoms with E-state index in [-0.39, 0.29) is 40.4 Å². The van der Waals surface area contributed by atoms with Crippen molar-refractivity contribution >= 4 is 34.2 Å². The highest BCUT2D eigenvalue weighted by atomic mass is 35.5. The summed E-state index contributed by atoms with van der Waals surface area (Å²) in [6.45, 7) is 7.03. The number of hydrogen-bond acceptors (Lipinski definition) is 5. The van der Waals surface area contributed by atoms with Crippen LogP contribution in [0, 0.1) is 5.92 Å². The standard InChI is InChI=1S/C17H23N3O4S.ClH/c1-10(2)20-17(22)13-5-4-12(8-15(13)25(20,23)24)16(21)19-14-6-7-18-9-11(14)3;/h4-5,8,10-11,14,18H,6-7,9H2,1-3H3,(H,19,21);1H. The zero-order chi connectivity index (χ0) is 18.4. The topological polar surface area (TPSA) is 95.6 Å². The van der Waals surface area contributed by atoms with Crippen LogP contribution in [-0.2, 0) is 10.0 Å². The minimum absolute atomic E-state index is 0. The first kappa shape index (κ1) is 20.7. The van der Waals surface area contributed by atoms with Crippen LogP contribution in [0.3, 0.4) is 0 Å². The zero-order valence-corrected chi connectivity index (χ0v) is 16.6. The summed E-state index contributed by atoms with van der Waals surface area (Å²) < 4.78 is 26.1. The maximum atomic E-state index is 12.6. The van der Waals surface area contributed by atoms with Gasteiger partial charge >= 0.3 is 0 Å². The van der Waals surface area contributed by atoms with Crippen LogP contribution < -0.4 is 10.6 Å². The van der Waals surface area contributed by atoms with Gasteiger partial charge < -0.3 is 10.6 Å². The molecule has 2 amide bonds. The van der Waals surface area contributed by atoms with Crippen molar-refractivity contribution in [2.45, 2.75) is 44.2 Å². The van der Waals surface area contributed by atoms with Gasteiger partial charge in [-0.25, -0.2) is 12.7 Å². The highest BCUT2D eigenvalue weighted by Crippen LogP contribution is 2.32. The van der Waals surface area contributed by atoms with Crippen molar-refractivity contribution < 1.29 is 18.0 Å². The number of piperidine rings is 1. The highest BCUT2D eigenvalue weighted by Gasteiger charge is 2.43. The molecule has 2 atom stereocenters. The molecule has 144 valence electrons. The number of nitrogens with one attached hydrogen (secondary N) is 2. The summed E-state index contributed by atoms with van der Waals surface area (Å²) in [7, 11) is -3.90. The first-order chi connectivity index (χ1) is 11.7. The first-order valence-electron chi connectivity index (χ1n) is 8.48. The molecular weight excluding hydrogens is 378 g/mol. The summed E-state index contributed by atoms with van der Waals surface area (Å²) in [5.74, 6) is -0.551.